The third kappa shape index (κ3) is 8.99. The molecule has 0 aromatic heterocycles. The molecular weight excluding hydrogens is 500 g/mol. The average molecular weight is 528 g/mol. The van der Waals surface area contributed by atoms with Gasteiger partial charge in [-0.15, -0.1) is 0 Å². The standard InChI is InChI=1S/C20H23BrN4O.C6H5Cl/c1-14(23)9-10-25(13-16-7-8-18(21)11-17(16)12-22)20(26)19(24)15-5-3-2-4-6-15;7-6-4-2-1-3-5-6/h2-8,11,14,19H,9-10,13,23-24H2,1H3;1-5H. The number of hydrogen-bond donors (Lipinski definition) is 2. The summed E-state index contributed by atoms with van der Waals surface area (Å²) in [7, 11) is 0. The topological polar surface area (TPSA) is 96.1 Å². The molecule has 0 aliphatic rings. The van der Waals surface area contributed by atoms with Crippen LogP contribution in [-0.2, 0) is 11.3 Å². The van der Waals surface area contributed by atoms with Crippen LogP contribution >= 0.6 is 27.5 Å². The number of nitrogens with two attached hydrogens (primary N) is 2. The lowest BCUT2D eigenvalue weighted by atomic mass is 10.0. The Balaban J connectivity index is 0.000000468. The molecule has 3 aromatic carbocycles. The van der Waals surface area contributed by atoms with E-state index in [4.69, 9.17) is 23.1 Å². The van der Waals surface area contributed by atoms with Crippen molar-refractivity contribution in [2.45, 2.75) is 32.0 Å². The first-order chi connectivity index (χ1) is 15.8. The van der Waals surface area contributed by atoms with E-state index in [1.54, 1.807) is 11.0 Å². The Morgan fingerprint density at radius 3 is 2.18 bits per heavy atom. The van der Waals surface area contributed by atoms with Crippen LogP contribution in [0.25, 0.3) is 0 Å². The van der Waals surface area contributed by atoms with Gasteiger partial charge in [0.25, 0.3) is 0 Å². The van der Waals surface area contributed by atoms with Crippen LogP contribution < -0.4 is 11.5 Å². The second-order valence-electron chi connectivity index (χ2n) is 7.62. The summed E-state index contributed by atoms with van der Waals surface area (Å²) in [5, 5.41) is 10.2. The molecule has 5 nitrogen and oxygen atoms in total. The van der Waals surface area contributed by atoms with E-state index in [9.17, 15) is 10.1 Å². The number of carbonyl (C=O) groups excluding carboxylic acids is 1. The third-order valence-corrected chi connectivity index (χ3v) is 5.62. The van der Waals surface area contributed by atoms with Crippen molar-refractivity contribution in [3.05, 3.63) is 105 Å². The van der Waals surface area contributed by atoms with Crippen LogP contribution in [0.15, 0.2) is 83.3 Å². The molecule has 0 saturated carbocycles. The van der Waals surface area contributed by atoms with Crippen molar-refractivity contribution in [1.82, 2.24) is 4.90 Å². The van der Waals surface area contributed by atoms with Crippen molar-refractivity contribution in [1.29, 1.82) is 5.26 Å². The maximum absolute atomic E-state index is 13.0. The van der Waals surface area contributed by atoms with Gasteiger partial charge in [0, 0.05) is 28.6 Å². The van der Waals surface area contributed by atoms with Gasteiger partial charge >= 0.3 is 0 Å². The Hall–Kier alpha value is -2.69. The lowest BCUT2D eigenvalue weighted by molar-refractivity contribution is -0.133. The highest BCUT2D eigenvalue weighted by molar-refractivity contribution is 9.10. The van der Waals surface area contributed by atoms with E-state index in [1.165, 1.54) is 0 Å². The highest BCUT2D eigenvalue weighted by Crippen LogP contribution is 2.20. The molecule has 2 unspecified atom stereocenters. The van der Waals surface area contributed by atoms with Gasteiger partial charge in [0.05, 0.1) is 11.6 Å². The Labute approximate surface area is 209 Å². The quantitative estimate of drug-likeness (QED) is 0.428. The zero-order chi connectivity index (χ0) is 24.2. The van der Waals surface area contributed by atoms with E-state index in [2.05, 4.69) is 22.0 Å². The SMILES string of the molecule is CC(N)CCN(Cc1ccc(Br)cc1C#N)C(=O)C(N)c1ccccc1.Clc1ccccc1. The van der Waals surface area contributed by atoms with Crippen LogP contribution in [0.4, 0.5) is 0 Å². The van der Waals surface area contributed by atoms with Gasteiger partial charge in [-0.25, -0.2) is 0 Å². The highest BCUT2D eigenvalue weighted by atomic mass is 79.9. The number of benzene rings is 3. The predicted octanol–water partition coefficient (Wildman–Crippen LogP) is 5.43. The first-order valence-corrected chi connectivity index (χ1v) is 11.7. The molecule has 0 bridgehead atoms. The van der Waals surface area contributed by atoms with Gasteiger partial charge in [-0.2, -0.15) is 5.26 Å². The van der Waals surface area contributed by atoms with E-state index < -0.39 is 6.04 Å². The summed E-state index contributed by atoms with van der Waals surface area (Å²) in [6.45, 7) is 2.71. The number of rotatable bonds is 7. The van der Waals surface area contributed by atoms with Crippen LogP contribution in [0.1, 0.15) is 36.1 Å². The number of nitriles is 1. The van der Waals surface area contributed by atoms with E-state index in [0.29, 0.717) is 25.1 Å². The molecule has 2 atom stereocenters. The second-order valence-corrected chi connectivity index (χ2v) is 8.98. The summed E-state index contributed by atoms with van der Waals surface area (Å²) in [5.74, 6) is -0.177. The largest absolute Gasteiger partial charge is 0.337 e. The number of amides is 1. The second kappa shape index (κ2) is 13.8. The summed E-state index contributed by atoms with van der Waals surface area (Å²) in [6.07, 6.45) is 0.658. The van der Waals surface area contributed by atoms with Crippen molar-refractivity contribution < 1.29 is 4.79 Å². The van der Waals surface area contributed by atoms with Gasteiger partial charge in [0.1, 0.15) is 6.04 Å². The molecule has 0 saturated heterocycles. The van der Waals surface area contributed by atoms with E-state index in [0.717, 1.165) is 20.6 Å². The fraction of sp³-hybridized carbons (Fsp3) is 0.231. The van der Waals surface area contributed by atoms with Crippen LogP contribution in [0.5, 0.6) is 0 Å². The van der Waals surface area contributed by atoms with Crippen LogP contribution in [0.3, 0.4) is 0 Å². The highest BCUT2D eigenvalue weighted by Gasteiger charge is 2.23. The van der Waals surface area contributed by atoms with Gasteiger partial charge in [0.2, 0.25) is 5.91 Å². The monoisotopic (exact) mass is 526 g/mol. The van der Waals surface area contributed by atoms with Gasteiger partial charge in [0.15, 0.2) is 0 Å². The van der Waals surface area contributed by atoms with Gasteiger partial charge in [-0.1, -0.05) is 82.1 Å². The minimum Gasteiger partial charge on any atom is -0.337 e. The van der Waals surface area contributed by atoms with Crippen molar-refractivity contribution in [3.63, 3.8) is 0 Å². The summed E-state index contributed by atoms with van der Waals surface area (Å²) in [4.78, 5) is 14.7. The smallest absolute Gasteiger partial charge is 0.244 e. The lowest BCUT2D eigenvalue weighted by Crippen LogP contribution is -2.40. The Bertz CT molecular complexity index is 1050. The van der Waals surface area contributed by atoms with E-state index in [-0.39, 0.29) is 11.9 Å². The van der Waals surface area contributed by atoms with Crippen molar-refractivity contribution in [2.75, 3.05) is 6.54 Å². The van der Waals surface area contributed by atoms with E-state index in [1.807, 2.05) is 79.7 Å². The van der Waals surface area contributed by atoms with Crippen LogP contribution in [-0.4, -0.2) is 23.4 Å². The predicted molar refractivity (Wildman–Crippen MR) is 137 cm³/mol. The summed E-state index contributed by atoms with van der Waals surface area (Å²) in [5.41, 5.74) is 14.2. The molecule has 0 aliphatic heterocycles. The zero-order valence-electron chi connectivity index (χ0n) is 18.5. The number of halogens is 2. The van der Waals surface area contributed by atoms with Crippen LogP contribution in [0.2, 0.25) is 5.02 Å². The van der Waals surface area contributed by atoms with Crippen molar-refractivity contribution >= 4 is 33.4 Å². The summed E-state index contributed by atoms with van der Waals surface area (Å²) >= 11 is 8.91. The molecule has 172 valence electrons. The molecule has 0 spiro atoms. The number of hydrogen-bond acceptors (Lipinski definition) is 4. The molecule has 3 aromatic rings. The van der Waals surface area contributed by atoms with Gasteiger partial charge < -0.3 is 16.4 Å². The molecule has 0 heterocycles. The Morgan fingerprint density at radius 2 is 1.67 bits per heavy atom. The normalized spacial score (nSPS) is 12.0. The number of carbonyl (C=O) groups is 1. The van der Waals surface area contributed by atoms with Crippen molar-refractivity contribution in [2.24, 2.45) is 11.5 Å². The molecule has 7 heteroatoms. The minimum atomic E-state index is -0.745. The first-order valence-electron chi connectivity index (χ1n) is 10.6. The minimum absolute atomic E-state index is 0.0291. The molecule has 1 amide bonds. The fourth-order valence-electron chi connectivity index (χ4n) is 3.04. The molecule has 0 radical (unpaired) electrons. The molecule has 33 heavy (non-hydrogen) atoms. The lowest BCUT2D eigenvalue weighted by Gasteiger charge is -2.27. The zero-order valence-corrected chi connectivity index (χ0v) is 20.8. The average Bonchev–Trinajstić information content (AvgIpc) is 2.83. The van der Waals surface area contributed by atoms with E-state index >= 15 is 0 Å². The van der Waals surface area contributed by atoms with Crippen molar-refractivity contribution in [3.8, 4) is 6.07 Å². The molecule has 0 fully saturated rings. The maximum Gasteiger partial charge on any atom is 0.244 e. The maximum atomic E-state index is 13.0. The summed E-state index contributed by atoms with van der Waals surface area (Å²) in [6, 6.07) is 25.6. The molecular formula is C26H28BrClN4O. The summed E-state index contributed by atoms with van der Waals surface area (Å²) < 4.78 is 0.826. The van der Waals surface area contributed by atoms with Crippen LogP contribution in [0, 0.1) is 11.3 Å². The first kappa shape index (κ1) is 26.6. The Kier molecular flexibility index (Phi) is 11.1. The van der Waals surface area contributed by atoms with Gasteiger partial charge in [-0.05, 0) is 48.7 Å². The fourth-order valence-corrected chi connectivity index (χ4v) is 3.54. The molecule has 4 N–H and O–H groups in total. The molecule has 3 rings (SSSR count). The Morgan fingerprint density at radius 1 is 1.06 bits per heavy atom. The third-order valence-electron chi connectivity index (χ3n) is 4.88. The van der Waals surface area contributed by atoms with Gasteiger partial charge in [-0.3, -0.25) is 4.79 Å². The molecule has 0 aliphatic carbocycles. The number of nitrogens with zero attached hydrogens (tertiary/aromatic N) is 2.